The monoisotopic (exact) mass is 373 g/mol. The predicted octanol–water partition coefficient (Wildman–Crippen LogP) is 2.97. The Hall–Kier alpha value is -2.15. The van der Waals surface area contributed by atoms with Crippen LogP contribution in [0.15, 0.2) is 12.1 Å². The summed E-state index contributed by atoms with van der Waals surface area (Å²) in [5.41, 5.74) is -0.100. The Morgan fingerprint density at radius 2 is 1.68 bits per heavy atom. The topological polar surface area (TPSA) is 83.1 Å². The van der Waals surface area contributed by atoms with Crippen molar-refractivity contribution >= 4 is 23.7 Å². The molecule has 0 aliphatic heterocycles. The lowest BCUT2D eigenvalue weighted by Crippen LogP contribution is -2.45. The maximum atomic E-state index is 12.0. The molecular formula is C17H24ClNO6. The number of rotatable bonds is 6. The number of halogens is 1. The first-order valence-electron chi connectivity index (χ1n) is 7.59. The van der Waals surface area contributed by atoms with Crippen LogP contribution in [0, 0.1) is 0 Å². The van der Waals surface area contributed by atoms with Gasteiger partial charge in [-0.1, -0.05) is 11.6 Å². The average Bonchev–Trinajstić information content (AvgIpc) is 2.52. The summed E-state index contributed by atoms with van der Waals surface area (Å²) in [5, 5.41) is 2.87. The largest absolute Gasteiger partial charge is 0.493 e. The van der Waals surface area contributed by atoms with Crippen molar-refractivity contribution in [2.45, 2.75) is 38.8 Å². The number of hydrogen-bond acceptors (Lipinski definition) is 6. The van der Waals surface area contributed by atoms with Crippen LogP contribution in [0.2, 0.25) is 5.02 Å². The number of carbonyl (C=O) groups excluding carboxylic acids is 2. The number of carbonyl (C=O) groups is 2. The molecule has 0 aliphatic carbocycles. The second-order valence-electron chi connectivity index (χ2n) is 6.22. The van der Waals surface area contributed by atoms with E-state index in [4.69, 9.17) is 30.5 Å². The molecule has 7 nitrogen and oxygen atoms in total. The first kappa shape index (κ1) is 20.9. The Kier molecular flexibility index (Phi) is 7.36. The number of esters is 1. The van der Waals surface area contributed by atoms with Crippen LogP contribution < -0.4 is 14.8 Å². The summed E-state index contributed by atoms with van der Waals surface area (Å²) in [6, 6.07) is 2.27. The molecule has 0 bridgehead atoms. The molecule has 1 atom stereocenters. The van der Waals surface area contributed by atoms with Gasteiger partial charge in [0.25, 0.3) is 0 Å². The summed E-state index contributed by atoms with van der Waals surface area (Å²) in [5.74, 6) is 0.311. The van der Waals surface area contributed by atoms with E-state index in [0.29, 0.717) is 22.1 Å². The van der Waals surface area contributed by atoms with Crippen molar-refractivity contribution in [2.75, 3.05) is 21.3 Å². The molecule has 140 valence electrons. The van der Waals surface area contributed by atoms with E-state index in [0.717, 1.165) is 0 Å². The molecule has 0 aromatic heterocycles. The summed E-state index contributed by atoms with van der Waals surface area (Å²) >= 11 is 6.24. The van der Waals surface area contributed by atoms with Crippen molar-refractivity contribution < 1.29 is 28.5 Å². The Morgan fingerprint density at radius 3 is 2.16 bits per heavy atom. The minimum atomic E-state index is -0.963. The first-order chi connectivity index (χ1) is 11.6. The van der Waals surface area contributed by atoms with Gasteiger partial charge in [0, 0.05) is 17.5 Å². The first-order valence-corrected chi connectivity index (χ1v) is 7.96. The fourth-order valence-electron chi connectivity index (χ4n) is 2.06. The van der Waals surface area contributed by atoms with Gasteiger partial charge in [-0.3, -0.25) is 0 Å². The highest BCUT2D eigenvalue weighted by molar-refractivity contribution is 6.31. The van der Waals surface area contributed by atoms with Crippen molar-refractivity contribution in [1.82, 2.24) is 5.32 Å². The number of ether oxygens (including phenoxy) is 4. The maximum Gasteiger partial charge on any atom is 0.408 e. The zero-order chi connectivity index (χ0) is 19.2. The van der Waals surface area contributed by atoms with E-state index in [9.17, 15) is 9.59 Å². The minimum Gasteiger partial charge on any atom is -0.493 e. The molecule has 1 amide bonds. The van der Waals surface area contributed by atoms with Crippen molar-refractivity contribution in [1.29, 1.82) is 0 Å². The molecule has 0 spiro atoms. The van der Waals surface area contributed by atoms with Crippen LogP contribution in [0.25, 0.3) is 0 Å². The van der Waals surface area contributed by atoms with E-state index in [1.807, 2.05) is 0 Å². The summed E-state index contributed by atoms with van der Waals surface area (Å²) in [4.78, 5) is 24.0. The lowest BCUT2D eigenvalue weighted by molar-refractivity contribution is -0.143. The molecule has 1 N–H and O–H groups in total. The molecule has 0 saturated carbocycles. The van der Waals surface area contributed by atoms with E-state index >= 15 is 0 Å². The van der Waals surface area contributed by atoms with Gasteiger partial charge in [-0.15, -0.1) is 0 Å². The van der Waals surface area contributed by atoms with Gasteiger partial charge in [0.2, 0.25) is 0 Å². The summed E-state index contributed by atoms with van der Waals surface area (Å²) < 4.78 is 20.3. The molecular weight excluding hydrogens is 350 g/mol. The van der Waals surface area contributed by atoms with Crippen LogP contribution in [-0.4, -0.2) is 45.0 Å². The normalized spacial score (nSPS) is 12.1. The lowest BCUT2D eigenvalue weighted by Gasteiger charge is -2.23. The number of methoxy groups -OCH3 is 3. The van der Waals surface area contributed by atoms with Gasteiger partial charge in [-0.05, 0) is 32.4 Å². The summed E-state index contributed by atoms with van der Waals surface area (Å²) in [7, 11) is 4.23. The Morgan fingerprint density at radius 1 is 1.12 bits per heavy atom. The molecule has 0 radical (unpaired) electrons. The van der Waals surface area contributed by atoms with E-state index in [2.05, 4.69) is 5.32 Å². The zero-order valence-corrected chi connectivity index (χ0v) is 16.0. The highest BCUT2D eigenvalue weighted by Gasteiger charge is 2.26. The van der Waals surface area contributed by atoms with Crippen LogP contribution in [-0.2, 0) is 20.7 Å². The van der Waals surface area contributed by atoms with Crippen molar-refractivity contribution in [2.24, 2.45) is 0 Å². The Bertz CT molecular complexity index is 626. The van der Waals surface area contributed by atoms with Crippen molar-refractivity contribution in [3.8, 4) is 11.5 Å². The van der Waals surface area contributed by atoms with Gasteiger partial charge in [0.05, 0.1) is 21.3 Å². The van der Waals surface area contributed by atoms with Crippen LogP contribution >= 0.6 is 11.6 Å². The predicted molar refractivity (Wildman–Crippen MR) is 93.4 cm³/mol. The number of hydrogen-bond donors (Lipinski definition) is 1. The lowest BCUT2D eigenvalue weighted by atomic mass is 10.0. The third-order valence-electron chi connectivity index (χ3n) is 3.15. The van der Waals surface area contributed by atoms with Crippen molar-refractivity contribution in [3.05, 3.63) is 22.7 Å². The molecule has 1 rings (SSSR count). The van der Waals surface area contributed by atoms with Gasteiger partial charge in [-0.2, -0.15) is 0 Å². The fourth-order valence-corrected chi connectivity index (χ4v) is 2.29. The number of benzene rings is 1. The summed E-state index contributed by atoms with van der Waals surface area (Å²) in [6.45, 7) is 5.18. The van der Waals surface area contributed by atoms with Crippen LogP contribution in [0.5, 0.6) is 11.5 Å². The molecule has 0 saturated heterocycles. The van der Waals surface area contributed by atoms with E-state index in [1.54, 1.807) is 32.9 Å². The Balaban J connectivity index is 3.03. The fraction of sp³-hybridized carbons (Fsp3) is 0.529. The molecule has 0 aliphatic rings. The smallest absolute Gasteiger partial charge is 0.408 e. The third kappa shape index (κ3) is 6.34. The molecule has 1 aromatic carbocycles. The molecule has 0 heterocycles. The molecule has 0 unspecified atom stereocenters. The second kappa shape index (κ2) is 8.80. The van der Waals surface area contributed by atoms with Gasteiger partial charge < -0.3 is 24.3 Å². The summed E-state index contributed by atoms with van der Waals surface area (Å²) in [6.07, 6.45) is -0.620. The number of nitrogens with one attached hydrogen (secondary N) is 1. The Labute approximate surface area is 152 Å². The van der Waals surface area contributed by atoms with Crippen LogP contribution in [0.1, 0.15) is 26.3 Å². The standard InChI is InChI=1S/C17H24ClNO6/c1-17(2,3)25-16(21)19-12(15(20)24-6)7-10-8-13(22-4)14(23-5)9-11(10)18/h8-9,12H,7H2,1-6H3,(H,19,21)/t12-/m0/s1. The van der Waals surface area contributed by atoms with Crippen LogP contribution in [0.3, 0.4) is 0 Å². The van der Waals surface area contributed by atoms with Crippen LogP contribution in [0.4, 0.5) is 4.79 Å². The molecule has 0 fully saturated rings. The van der Waals surface area contributed by atoms with E-state index < -0.39 is 23.7 Å². The van der Waals surface area contributed by atoms with E-state index in [1.165, 1.54) is 21.3 Å². The number of amides is 1. The zero-order valence-electron chi connectivity index (χ0n) is 15.3. The maximum absolute atomic E-state index is 12.0. The van der Waals surface area contributed by atoms with E-state index in [-0.39, 0.29) is 6.42 Å². The molecule has 1 aromatic rings. The SMILES string of the molecule is COC(=O)[C@H](Cc1cc(OC)c(OC)cc1Cl)NC(=O)OC(C)(C)C. The van der Waals surface area contributed by atoms with Gasteiger partial charge in [0.1, 0.15) is 11.6 Å². The van der Waals surface area contributed by atoms with Gasteiger partial charge in [0.15, 0.2) is 11.5 Å². The van der Waals surface area contributed by atoms with Gasteiger partial charge >= 0.3 is 12.1 Å². The highest BCUT2D eigenvalue weighted by Crippen LogP contribution is 2.33. The van der Waals surface area contributed by atoms with Crippen molar-refractivity contribution in [3.63, 3.8) is 0 Å². The second-order valence-corrected chi connectivity index (χ2v) is 6.63. The third-order valence-corrected chi connectivity index (χ3v) is 3.51. The molecule has 8 heteroatoms. The average molecular weight is 374 g/mol. The van der Waals surface area contributed by atoms with Gasteiger partial charge in [-0.25, -0.2) is 9.59 Å². The highest BCUT2D eigenvalue weighted by atomic mass is 35.5. The quantitative estimate of drug-likeness (QED) is 0.772. The minimum absolute atomic E-state index is 0.102. The molecule has 25 heavy (non-hydrogen) atoms. The number of alkyl carbamates (subject to hydrolysis) is 1.